The fourth-order valence-corrected chi connectivity index (χ4v) is 6.43. The minimum atomic E-state index is -3.79. The van der Waals surface area contributed by atoms with Crippen molar-refractivity contribution in [3.05, 3.63) is 75.1 Å². The maximum atomic E-state index is 13.0. The maximum absolute atomic E-state index is 13.0. The number of rotatable bonds is 7. The number of anilines is 2. The molecule has 0 bridgehead atoms. The van der Waals surface area contributed by atoms with E-state index >= 15 is 0 Å². The van der Waals surface area contributed by atoms with Crippen molar-refractivity contribution >= 4 is 55.5 Å². The van der Waals surface area contributed by atoms with Gasteiger partial charge in [-0.05, 0) is 68.5 Å². The summed E-state index contributed by atoms with van der Waals surface area (Å²) >= 11 is 7.72. The van der Waals surface area contributed by atoms with Crippen molar-refractivity contribution in [2.75, 3.05) is 16.6 Å². The van der Waals surface area contributed by atoms with Crippen LogP contribution in [0.25, 0.3) is 0 Å². The molecule has 3 aromatic rings. The minimum Gasteiger partial charge on any atom is -0.462 e. The average molecular weight is 519 g/mol. The number of nitrogens with one attached hydrogen (secondary N) is 2. The van der Waals surface area contributed by atoms with E-state index in [4.69, 9.17) is 16.3 Å². The molecule has 4 rings (SSSR count). The number of ether oxygens (including phenoxy) is 1. The van der Waals surface area contributed by atoms with Gasteiger partial charge >= 0.3 is 5.97 Å². The molecule has 34 heavy (non-hydrogen) atoms. The summed E-state index contributed by atoms with van der Waals surface area (Å²) < 4.78 is 32.8. The van der Waals surface area contributed by atoms with Crippen molar-refractivity contribution in [1.82, 2.24) is 0 Å². The molecule has 1 aliphatic rings. The lowest BCUT2D eigenvalue weighted by molar-refractivity contribution is 0.0526. The van der Waals surface area contributed by atoms with Crippen molar-refractivity contribution in [2.24, 2.45) is 0 Å². The standard InChI is InChI=1S/C24H23ClN2O5S2/c1-2-32-24(29)21-18-10-6-7-11-20(18)33-23(21)26-22(28)17-13-12-15(14-19(17)25)27-34(30,31)16-8-4-3-5-9-16/h3-5,8-9,12-14,27H,2,6-7,10-11H2,1H3,(H,26,28). The minimum absolute atomic E-state index is 0.0739. The summed E-state index contributed by atoms with van der Waals surface area (Å²) in [5.74, 6) is -0.944. The first-order chi connectivity index (χ1) is 16.3. The predicted molar refractivity (Wildman–Crippen MR) is 134 cm³/mol. The Bertz CT molecular complexity index is 1340. The zero-order valence-electron chi connectivity index (χ0n) is 18.4. The normalized spacial score (nSPS) is 13.1. The van der Waals surface area contributed by atoms with Crippen LogP contribution < -0.4 is 10.0 Å². The van der Waals surface area contributed by atoms with Gasteiger partial charge in [0.1, 0.15) is 5.00 Å². The van der Waals surface area contributed by atoms with Crippen molar-refractivity contribution in [3.8, 4) is 0 Å². The number of sulfonamides is 1. The maximum Gasteiger partial charge on any atom is 0.341 e. The molecule has 1 heterocycles. The number of fused-ring (bicyclic) bond motifs is 1. The topological polar surface area (TPSA) is 102 Å². The van der Waals surface area contributed by atoms with Gasteiger partial charge in [0.05, 0.1) is 33.3 Å². The molecule has 0 atom stereocenters. The number of aryl methyl sites for hydroxylation is 1. The van der Waals surface area contributed by atoms with Gasteiger partial charge in [0, 0.05) is 4.88 Å². The Morgan fingerprint density at radius 2 is 1.82 bits per heavy atom. The highest BCUT2D eigenvalue weighted by Gasteiger charge is 2.28. The Balaban J connectivity index is 1.57. The fourth-order valence-electron chi connectivity index (χ4n) is 3.82. The summed E-state index contributed by atoms with van der Waals surface area (Å²) in [5, 5.41) is 3.33. The van der Waals surface area contributed by atoms with Crippen molar-refractivity contribution in [1.29, 1.82) is 0 Å². The molecule has 1 amide bonds. The zero-order valence-corrected chi connectivity index (χ0v) is 20.8. The number of amides is 1. The number of hydrogen-bond donors (Lipinski definition) is 2. The fraction of sp³-hybridized carbons (Fsp3) is 0.250. The van der Waals surface area contributed by atoms with E-state index in [-0.39, 0.29) is 27.8 Å². The highest BCUT2D eigenvalue weighted by molar-refractivity contribution is 7.92. The number of hydrogen-bond acceptors (Lipinski definition) is 6. The van der Waals surface area contributed by atoms with E-state index in [0.717, 1.165) is 36.1 Å². The van der Waals surface area contributed by atoms with Crippen LogP contribution in [0, 0.1) is 0 Å². The van der Waals surface area contributed by atoms with E-state index in [2.05, 4.69) is 10.0 Å². The average Bonchev–Trinajstić information content (AvgIpc) is 3.17. The van der Waals surface area contributed by atoms with E-state index in [1.165, 1.54) is 41.7 Å². The second-order valence-electron chi connectivity index (χ2n) is 7.70. The van der Waals surface area contributed by atoms with Crippen molar-refractivity contribution < 1.29 is 22.7 Å². The zero-order chi connectivity index (χ0) is 24.3. The smallest absolute Gasteiger partial charge is 0.341 e. The van der Waals surface area contributed by atoms with Crippen LogP contribution in [0.2, 0.25) is 5.02 Å². The summed E-state index contributed by atoms with van der Waals surface area (Å²) in [4.78, 5) is 26.8. The van der Waals surface area contributed by atoms with E-state index in [0.29, 0.717) is 10.6 Å². The highest BCUT2D eigenvalue weighted by Crippen LogP contribution is 2.39. The number of carbonyl (C=O) groups is 2. The summed E-state index contributed by atoms with van der Waals surface area (Å²) in [7, 11) is -3.79. The van der Waals surface area contributed by atoms with Crippen LogP contribution in [0.1, 0.15) is 50.9 Å². The van der Waals surface area contributed by atoms with Gasteiger partial charge in [0.2, 0.25) is 0 Å². The largest absolute Gasteiger partial charge is 0.462 e. The first kappa shape index (κ1) is 24.3. The third-order valence-corrected chi connectivity index (χ3v) is 8.31. The van der Waals surface area contributed by atoms with Crippen LogP contribution >= 0.6 is 22.9 Å². The highest BCUT2D eigenvalue weighted by atomic mass is 35.5. The van der Waals surface area contributed by atoms with Gasteiger partial charge in [-0.3, -0.25) is 9.52 Å². The van der Waals surface area contributed by atoms with E-state index in [9.17, 15) is 18.0 Å². The number of benzene rings is 2. The van der Waals surface area contributed by atoms with Crippen LogP contribution in [0.4, 0.5) is 10.7 Å². The number of thiophene rings is 1. The van der Waals surface area contributed by atoms with Crippen molar-refractivity contribution in [3.63, 3.8) is 0 Å². The Morgan fingerprint density at radius 3 is 2.53 bits per heavy atom. The summed E-state index contributed by atoms with van der Waals surface area (Å²) in [6, 6.07) is 12.2. The van der Waals surface area contributed by atoms with Gasteiger partial charge in [-0.2, -0.15) is 0 Å². The van der Waals surface area contributed by atoms with E-state index < -0.39 is 21.9 Å². The first-order valence-electron chi connectivity index (χ1n) is 10.8. The molecule has 0 radical (unpaired) electrons. The molecule has 7 nitrogen and oxygen atoms in total. The summed E-state index contributed by atoms with van der Waals surface area (Å²) in [6.07, 6.45) is 3.65. The molecule has 1 aromatic heterocycles. The van der Waals surface area contributed by atoms with Gasteiger partial charge in [-0.15, -0.1) is 11.3 Å². The van der Waals surface area contributed by atoms with Gasteiger partial charge < -0.3 is 10.1 Å². The molecule has 0 aliphatic heterocycles. The molecule has 0 fully saturated rings. The molecule has 0 unspecified atom stereocenters. The summed E-state index contributed by atoms with van der Waals surface area (Å²) in [6.45, 7) is 1.98. The molecule has 0 saturated heterocycles. The van der Waals surface area contributed by atoms with Crippen LogP contribution in [0.15, 0.2) is 53.4 Å². The monoisotopic (exact) mass is 518 g/mol. The lowest BCUT2D eigenvalue weighted by atomic mass is 9.95. The second kappa shape index (κ2) is 10.2. The second-order valence-corrected chi connectivity index (χ2v) is 10.9. The third-order valence-electron chi connectivity index (χ3n) is 5.40. The number of carbonyl (C=O) groups excluding carboxylic acids is 2. The van der Waals surface area contributed by atoms with Gasteiger partial charge in [-0.1, -0.05) is 29.8 Å². The van der Waals surface area contributed by atoms with E-state index in [1.807, 2.05) is 0 Å². The molecular weight excluding hydrogens is 496 g/mol. The molecule has 0 saturated carbocycles. The van der Waals surface area contributed by atoms with Crippen molar-refractivity contribution in [2.45, 2.75) is 37.5 Å². The summed E-state index contributed by atoms with van der Waals surface area (Å²) in [5.41, 5.74) is 1.75. The molecular formula is C24H23ClN2O5S2. The molecule has 2 N–H and O–H groups in total. The van der Waals surface area contributed by atoms with Gasteiger partial charge in [0.15, 0.2) is 0 Å². The molecule has 0 spiro atoms. The van der Waals surface area contributed by atoms with Gasteiger partial charge in [-0.25, -0.2) is 13.2 Å². The number of esters is 1. The Morgan fingerprint density at radius 1 is 1.09 bits per heavy atom. The molecule has 2 aromatic carbocycles. The van der Waals surface area contributed by atoms with Crippen LogP contribution in [-0.2, 0) is 27.6 Å². The third kappa shape index (κ3) is 5.11. The van der Waals surface area contributed by atoms with Crippen LogP contribution in [0.3, 0.4) is 0 Å². The predicted octanol–water partition coefficient (Wildman–Crippen LogP) is 5.51. The Kier molecular flexibility index (Phi) is 7.25. The number of halogens is 1. The molecule has 1 aliphatic carbocycles. The van der Waals surface area contributed by atoms with Crippen LogP contribution in [-0.4, -0.2) is 26.9 Å². The Labute approximate surface area is 207 Å². The lowest BCUT2D eigenvalue weighted by Gasteiger charge is -2.13. The Hall–Kier alpha value is -2.88. The first-order valence-corrected chi connectivity index (χ1v) is 13.5. The van der Waals surface area contributed by atoms with Crippen LogP contribution in [0.5, 0.6) is 0 Å². The lowest BCUT2D eigenvalue weighted by Crippen LogP contribution is -2.16. The van der Waals surface area contributed by atoms with Gasteiger partial charge in [0.25, 0.3) is 15.9 Å². The SMILES string of the molecule is CCOC(=O)c1c(NC(=O)c2ccc(NS(=O)(=O)c3ccccc3)cc2Cl)sc2c1CCCC2. The molecule has 178 valence electrons. The molecule has 10 heteroatoms. The quantitative estimate of drug-likeness (QED) is 0.401. The van der Waals surface area contributed by atoms with E-state index in [1.54, 1.807) is 25.1 Å².